The number of furan rings is 1. The summed E-state index contributed by atoms with van der Waals surface area (Å²) in [6.45, 7) is 1.94. The number of carboxylic acids is 1. The maximum Gasteiger partial charge on any atom is 0.335 e. The highest BCUT2D eigenvalue weighted by Crippen LogP contribution is 2.35. The minimum atomic E-state index is -0.997. The van der Waals surface area contributed by atoms with E-state index in [1.807, 2.05) is 0 Å². The Hall–Kier alpha value is -3.29. The molecule has 1 fully saturated rings. The highest BCUT2D eigenvalue weighted by Gasteiger charge is 2.35. The SMILES string of the molecule is Cc1cc(C(=O)O)ccc1-c1ccc(/C=C2\SC(=O)N(Cc3cccc(Cl)c3)C2=O)o1. The Bertz CT molecular complexity index is 1250. The third-order valence-corrected chi connectivity index (χ3v) is 5.88. The van der Waals surface area contributed by atoms with Crippen molar-refractivity contribution in [3.63, 3.8) is 0 Å². The van der Waals surface area contributed by atoms with Gasteiger partial charge in [0.15, 0.2) is 0 Å². The highest BCUT2D eigenvalue weighted by atomic mass is 35.5. The fourth-order valence-electron chi connectivity index (χ4n) is 3.23. The molecule has 156 valence electrons. The van der Waals surface area contributed by atoms with Gasteiger partial charge in [0.2, 0.25) is 0 Å². The normalized spacial score (nSPS) is 15.2. The van der Waals surface area contributed by atoms with Gasteiger partial charge in [-0.05, 0) is 66.2 Å². The maximum atomic E-state index is 12.7. The van der Waals surface area contributed by atoms with Gasteiger partial charge < -0.3 is 9.52 Å². The van der Waals surface area contributed by atoms with Crippen molar-refractivity contribution >= 4 is 46.6 Å². The Kier molecular flexibility index (Phi) is 5.71. The van der Waals surface area contributed by atoms with Gasteiger partial charge in [-0.3, -0.25) is 14.5 Å². The monoisotopic (exact) mass is 453 g/mol. The van der Waals surface area contributed by atoms with Crippen LogP contribution in [0, 0.1) is 6.92 Å². The number of halogens is 1. The predicted octanol–water partition coefficient (Wildman–Crippen LogP) is 5.84. The van der Waals surface area contributed by atoms with Gasteiger partial charge in [-0.25, -0.2) is 4.79 Å². The number of carbonyl (C=O) groups is 3. The van der Waals surface area contributed by atoms with Crippen LogP contribution in [-0.2, 0) is 11.3 Å². The second kappa shape index (κ2) is 8.45. The van der Waals surface area contributed by atoms with Crippen molar-refractivity contribution in [3.05, 3.63) is 87.0 Å². The van der Waals surface area contributed by atoms with Crippen molar-refractivity contribution in [1.29, 1.82) is 0 Å². The lowest BCUT2D eigenvalue weighted by molar-refractivity contribution is -0.123. The van der Waals surface area contributed by atoms with Crippen LogP contribution in [0.15, 0.2) is 63.9 Å². The lowest BCUT2D eigenvalue weighted by Gasteiger charge is -2.12. The van der Waals surface area contributed by atoms with Crippen LogP contribution in [0.5, 0.6) is 0 Å². The molecule has 6 nitrogen and oxygen atoms in total. The summed E-state index contributed by atoms with van der Waals surface area (Å²) in [6, 6.07) is 15.2. The number of hydrogen-bond donors (Lipinski definition) is 1. The molecule has 0 spiro atoms. The van der Waals surface area contributed by atoms with E-state index in [0.29, 0.717) is 16.5 Å². The molecule has 1 aliphatic heterocycles. The number of nitrogens with zero attached hydrogens (tertiary/aromatic N) is 1. The molecule has 1 aliphatic rings. The number of imide groups is 1. The number of benzene rings is 2. The lowest BCUT2D eigenvalue weighted by atomic mass is 10.0. The fraction of sp³-hybridized carbons (Fsp3) is 0.0870. The van der Waals surface area contributed by atoms with Crippen molar-refractivity contribution in [3.8, 4) is 11.3 Å². The van der Waals surface area contributed by atoms with E-state index in [9.17, 15) is 14.4 Å². The molecule has 0 saturated carbocycles. The minimum Gasteiger partial charge on any atom is -0.478 e. The van der Waals surface area contributed by atoms with Gasteiger partial charge in [0.05, 0.1) is 17.0 Å². The van der Waals surface area contributed by atoms with Crippen molar-refractivity contribution in [1.82, 2.24) is 4.90 Å². The highest BCUT2D eigenvalue weighted by molar-refractivity contribution is 8.18. The Morgan fingerprint density at radius 2 is 1.97 bits per heavy atom. The minimum absolute atomic E-state index is 0.140. The second-order valence-corrected chi connectivity index (χ2v) is 8.36. The largest absolute Gasteiger partial charge is 0.478 e. The zero-order valence-corrected chi connectivity index (χ0v) is 17.9. The molecule has 2 amide bonds. The maximum absolute atomic E-state index is 12.7. The van der Waals surface area contributed by atoms with Crippen LogP contribution in [0.3, 0.4) is 0 Å². The molecule has 1 aromatic heterocycles. The number of thioether (sulfide) groups is 1. The first-order valence-corrected chi connectivity index (χ1v) is 10.5. The lowest BCUT2D eigenvalue weighted by Crippen LogP contribution is -2.27. The van der Waals surface area contributed by atoms with Crippen molar-refractivity contribution in [2.45, 2.75) is 13.5 Å². The summed E-state index contributed by atoms with van der Waals surface area (Å²) in [7, 11) is 0. The summed E-state index contributed by atoms with van der Waals surface area (Å²) in [5, 5.41) is 9.28. The Labute approximate surface area is 187 Å². The van der Waals surface area contributed by atoms with E-state index in [0.717, 1.165) is 28.5 Å². The number of amides is 2. The summed E-state index contributed by atoms with van der Waals surface area (Å²) in [6.07, 6.45) is 1.54. The Balaban J connectivity index is 1.55. The van der Waals surface area contributed by atoms with E-state index in [4.69, 9.17) is 21.1 Å². The molecule has 2 aromatic carbocycles. The summed E-state index contributed by atoms with van der Waals surface area (Å²) < 4.78 is 5.83. The second-order valence-electron chi connectivity index (χ2n) is 6.93. The van der Waals surface area contributed by atoms with E-state index in [2.05, 4.69) is 0 Å². The number of carboxylic acid groups (broad SMARTS) is 1. The van der Waals surface area contributed by atoms with Gasteiger partial charge in [-0.15, -0.1) is 0 Å². The molecule has 4 rings (SSSR count). The molecule has 0 unspecified atom stereocenters. The van der Waals surface area contributed by atoms with Crippen LogP contribution in [-0.4, -0.2) is 27.1 Å². The summed E-state index contributed by atoms with van der Waals surface area (Å²) in [5.41, 5.74) is 2.46. The average molecular weight is 454 g/mol. The van der Waals surface area contributed by atoms with Crippen LogP contribution in [0.4, 0.5) is 4.79 Å². The number of rotatable bonds is 5. The Morgan fingerprint density at radius 1 is 1.16 bits per heavy atom. The average Bonchev–Trinajstić information content (AvgIpc) is 3.28. The third kappa shape index (κ3) is 4.42. The Morgan fingerprint density at radius 3 is 2.68 bits per heavy atom. The fourth-order valence-corrected chi connectivity index (χ4v) is 4.26. The van der Waals surface area contributed by atoms with Crippen LogP contribution in [0.2, 0.25) is 5.02 Å². The molecule has 0 aliphatic carbocycles. The molecule has 2 heterocycles. The molecular weight excluding hydrogens is 438 g/mol. The van der Waals surface area contributed by atoms with E-state index in [1.165, 1.54) is 17.0 Å². The molecule has 31 heavy (non-hydrogen) atoms. The van der Waals surface area contributed by atoms with Crippen molar-refractivity contribution in [2.24, 2.45) is 0 Å². The molecule has 0 bridgehead atoms. The van der Waals surface area contributed by atoms with Gasteiger partial charge in [-0.2, -0.15) is 0 Å². The van der Waals surface area contributed by atoms with E-state index in [1.54, 1.807) is 55.5 Å². The zero-order chi connectivity index (χ0) is 22.1. The molecule has 3 aromatic rings. The standard InChI is InChI=1S/C23H16ClNO5S/c1-13-9-15(22(27)28)5-7-18(13)19-8-6-17(30-19)11-20-21(26)25(23(29)31-20)12-14-3-2-4-16(24)10-14/h2-11H,12H2,1H3,(H,27,28)/b20-11-. The number of aromatic carboxylic acids is 1. The van der Waals surface area contributed by atoms with Crippen molar-refractivity contribution < 1.29 is 23.9 Å². The smallest absolute Gasteiger partial charge is 0.335 e. The summed E-state index contributed by atoms with van der Waals surface area (Å²) in [4.78, 5) is 37.6. The van der Waals surface area contributed by atoms with Gasteiger partial charge in [-0.1, -0.05) is 29.8 Å². The van der Waals surface area contributed by atoms with E-state index in [-0.39, 0.29) is 22.3 Å². The predicted molar refractivity (Wildman–Crippen MR) is 119 cm³/mol. The van der Waals surface area contributed by atoms with Gasteiger partial charge in [0.25, 0.3) is 11.1 Å². The van der Waals surface area contributed by atoms with Crippen LogP contribution in [0.25, 0.3) is 17.4 Å². The van der Waals surface area contributed by atoms with Gasteiger partial charge in [0.1, 0.15) is 11.5 Å². The third-order valence-electron chi connectivity index (χ3n) is 4.74. The summed E-state index contributed by atoms with van der Waals surface area (Å²) in [5.74, 6) is -0.429. The molecule has 0 atom stereocenters. The molecule has 8 heteroatoms. The van der Waals surface area contributed by atoms with Crippen LogP contribution >= 0.6 is 23.4 Å². The first-order chi connectivity index (χ1) is 14.8. The quantitative estimate of drug-likeness (QED) is 0.488. The van der Waals surface area contributed by atoms with Gasteiger partial charge in [0, 0.05) is 16.7 Å². The van der Waals surface area contributed by atoms with Crippen LogP contribution in [0.1, 0.15) is 27.2 Å². The van der Waals surface area contributed by atoms with E-state index < -0.39 is 11.9 Å². The molecule has 1 saturated heterocycles. The van der Waals surface area contributed by atoms with Crippen molar-refractivity contribution in [2.75, 3.05) is 0 Å². The van der Waals surface area contributed by atoms with Crippen LogP contribution < -0.4 is 0 Å². The van der Waals surface area contributed by atoms with E-state index >= 15 is 0 Å². The zero-order valence-electron chi connectivity index (χ0n) is 16.3. The summed E-state index contributed by atoms with van der Waals surface area (Å²) >= 11 is 6.83. The molecule has 0 radical (unpaired) electrons. The topological polar surface area (TPSA) is 87.8 Å². The molecule has 1 N–H and O–H groups in total. The number of hydrogen-bond acceptors (Lipinski definition) is 5. The van der Waals surface area contributed by atoms with Gasteiger partial charge >= 0.3 is 5.97 Å². The number of aryl methyl sites for hydroxylation is 1. The molecular formula is C23H16ClNO5S. The first kappa shape index (κ1) is 21.0. The number of carbonyl (C=O) groups excluding carboxylic acids is 2. The first-order valence-electron chi connectivity index (χ1n) is 9.26.